The number of nitrogen functional groups attached to an aromatic ring is 1. The molecule has 0 bridgehead atoms. The Bertz CT molecular complexity index is 421. The Labute approximate surface area is 108 Å². The molecule has 0 radical (unpaired) electrons. The van der Waals surface area contributed by atoms with E-state index in [-0.39, 0.29) is 11.7 Å². The zero-order chi connectivity index (χ0) is 13.3. The van der Waals surface area contributed by atoms with Gasteiger partial charge in [0.25, 0.3) is 0 Å². The third-order valence-corrected chi connectivity index (χ3v) is 4.45. The lowest BCUT2D eigenvalue weighted by molar-refractivity contribution is 0.0564. The van der Waals surface area contributed by atoms with Crippen LogP contribution in [0.25, 0.3) is 0 Å². The number of anilines is 1. The third kappa shape index (κ3) is 2.66. The molecule has 2 nitrogen and oxygen atoms in total. The highest BCUT2D eigenvalue weighted by Gasteiger charge is 2.30. The van der Waals surface area contributed by atoms with E-state index in [1.807, 2.05) is 0 Å². The molecule has 1 aromatic rings. The normalized spacial score (nSPS) is 30.1. The monoisotopic (exact) mass is 251 g/mol. The molecule has 1 aromatic carbocycles. The predicted molar refractivity (Wildman–Crippen MR) is 71.4 cm³/mol. The smallest absolute Gasteiger partial charge is 0.123 e. The Morgan fingerprint density at radius 2 is 2.00 bits per heavy atom. The summed E-state index contributed by atoms with van der Waals surface area (Å²) >= 11 is 0. The minimum absolute atomic E-state index is 0.195. The fourth-order valence-electron chi connectivity index (χ4n) is 2.93. The van der Waals surface area contributed by atoms with Crippen molar-refractivity contribution < 1.29 is 9.50 Å². The predicted octanol–water partition coefficient (Wildman–Crippen LogP) is 3.51. The standard InChI is InChI=1S/C15H22FNO/c1-9-3-4-11(7-10(9)2)15(18)13-8-12(16)5-6-14(13)17/h5-6,8-11,15,18H,3-4,7,17H2,1-2H3. The molecular weight excluding hydrogens is 229 g/mol. The number of rotatable bonds is 2. The van der Waals surface area contributed by atoms with Gasteiger partial charge in [0.1, 0.15) is 5.82 Å². The average molecular weight is 251 g/mol. The maximum Gasteiger partial charge on any atom is 0.123 e. The molecule has 4 unspecified atom stereocenters. The minimum atomic E-state index is -0.643. The molecule has 0 aliphatic heterocycles. The summed E-state index contributed by atoms with van der Waals surface area (Å²) < 4.78 is 13.2. The molecular formula is C15H22FNO. The summed E-state index contributed by atoms with van der Waals surface area (Å²) in [5.41, 5.74) is 6.86. The van der Waals surface area contributed by atoms with Crippen LogP contribution in [0.5, 0.6) is 0 Å². The molecule has 2 rings (SSSR count). The highest BCUT2D eigenvalue weighted by Crippen LogP contribution is 2.41. The molecule has 0 amide bonds. The molecule has 100 valence electrons. The van der Waals surface area contributed by atoms with E-state index in [1.54, 1.807) is 0 Å². The summed E-state index contributed by atoms with van der Waals surface area (Å²) in [6.45, 7) is 4.47. The zero-order valence-corrected chi connectivity index (χ0v) is 11.1. The molecule has 3 N–H and O–H groups in total. The number of aliphatic hydroxyl groups excluding tert-OH is 1. The maximum absolute atomic E-state index is 13.2. The SMILES string of the molecule is CC1CCC(C(O)c2cc(F)ccc2N)CC1C. The van der Waals surface area contributed by atoms with Crippen LogP contribution in [0.2, 0.25) is 0 Å². The van der Waals surface area contributed by atoms with Gasteiger partial charge in [0.05, 0.1) is 6.10 Å². The average Bonchev–Trinajstić information content (AvgIpc) is 2.35. The van der Waals surface area contributed by atoms with Gasteiger partial charge in [0, 0.05) is 11.3 Å². The van der Waals surface area contributed by atoms with Crippen LogP contribution in [0.1, 0.15) is 44.8 Å². The molecule has 0 aromatic heterocycles. The topological polar surface area (TPSA) is 46.2 Å². The first-order valence-corrected chi connectivity index (χ1v) is 6.72. The summed E-state index contributed by atoms with van der Waals surface area (Å²) in [5.74, 6) is 1.17. The van der Waals surface area contributed by atoms with Gasteiger partial charge in [0.2, 0.25) is 0 Å². The Kier molecular flexibility index (Phi) is 3.91. The molecule has 4 atom stereocenters. The molecule has 1 saturated carbocycles. The first-order valence-electron chi connectivity index (χ1n) is 6.72. The first kappa shape index (κ1) is 13.3. The van der Waals surface area contributed by atoms with Crippen LogP contribution < -0.4 is 5.73 Å². The summed E-state index contributed by atoms with van der Waals surface area (Å²) in [6, 6.07) is 4.22. The number of hydrogen-bond acceptors (Lipinski definition) is 2. The summed E-state index contributed by atoms with van der Waals surface area (Å²) in [6.07, 6.45) is 2.45. The van der Waals surface area contributed by atoms with Crippen LogP contribution in [0.15, 0.2) is 18.2 Å². The van der Waals surface area contributed by atoms with E-state index in [0.717, 1.165) is 19.3 Å². The van der Waals surface area contributed by atoms with Crippen molar-refractivity contribution in [3.05, 3.63) is 29.6 Å². The second kappa shape index (κ2) is 5.27. The van der Waals surface area contributed by atoms with E-state index in [4.69, 9.17) is 5.73 Å². The van der Waals surface area contributed by atoms with Crippen LogP contribution >= 0.6 is 0 Å². The largest absolute Gasteiger partial charge is 0.398 e. The van der Waals surface area contributed by atoms with Crippen molar-refractivity contribution in [2.75, 3.05) is 5.73 Å². The van der Waals surface area contributed by atoms with Crippen molar-refractivity contribution in [1.82, 2.24) is 0 Å². The second-order valence-corrected chi connectivity index (χ2v) is 5.75. The van der Waals surface area contributed by atoms with Crippen molar-refractivity contribution in [2.24, 2.45) is 17.8 Å². The number of halogens is 1. The lowest BCUT2D eigenvalue weighted by Crippen LogP contribution is -2.25. The van der Waals surface area contributed by atoms with Crippen molar-refractivity contribution in [2.45, 2.75) is 39.2 Å². The van der Waals surface area contributed by atoms with Crippen molar-refractivity contribution in [1.29, 1.82) is 0 Å². The Balaban J connectivity index is 2.16. The number of nitrogens with two attached hydrogens (primary N) is 1. The van der Waals surface area contributed by atoms with Crippen LogP contribution in [-0.2, 0) is 0 Å². The first-order chi connectivity index (χ1) is 8.49. The van der Waals surface area contributed by atoms with Crippen molar-refractivity contribution >= 4 is 5.69 Å². The molecule has 18 heavy (non-hydrogen) atoms. The van der Waals surface area contributed by atoms with Crippen LogP contribution in [-0.4, -0.2) is 5.11 Å². The fraction of sp³-hybridized carbons (Fsp3) is 0.600. The molecule has 1 aliphatic rings. The molecule has 0 spiro atoms. The Morgan fingerprint density at radius 1 is 1.28 bits per heavy atom. The van der Waals surface area contributed by atoms with E-state index in [1.165, 1.54) is 18.2 Å². The highest BCUT2D eigenvalue weighted by atomic mass is 19.1. The van der Waals surface area contributed by atoms with Gasteiger partial charge in [-0.3, -0.25) is 0 Å². The third-order valence-electron chi connectivity index (χ3n) is 4.45. The molecule has 1 fully saturated rings. The number of hydrogen-bond donors (Lipinski definition) is 2. The number of aliphatic hydroxyl groups is 1. The van der Waals surface area contributed by atoms with Gasteiger partial charge in [-0.1, -0.05) is 20.3 Å². The van der Waals surface area contributed by atoms with Crippen LogP contribution in [0.4, 0.5) is 10.1 Å². The van der Waals surface area contributed by atoms with Gasteiger partial charge < -0.3 is 10.8 Å². The van der Waals surface area contributed by atoms with Gasteiger partial charge in [-0.2, -0.15) is 0 Å². The van der Waals surface area contributed by atoms with Gasteiger partial charge >= 0.3 is 0 Å². The summed E-state index contributed by atoms with van der Waals surface area (Å²) in [4.78, 5) is 0. The van der Waals surface area contributed by atoms with E-state index in [2.05, 4.69) is 13.8 Å². The lowest BCUT2D eigenvalue weighted by Gasteiger charge is -2.35. The zero-order valence-electron chi connectivity index (χ0n) is 11.1. The minimum Gasteiger partial charge on any atom is -0.398 e. The van der Waals surface area contributed by atoms with E-state index < -0.39 is 6.10 Å². The van der Waals surface area contributed by atoms with Crippen molar-refractivity contribution in [3.63, 3.8) is 0 Å². The highest BCUT2D eigenvalue weighted by molar-refractivity contribution is 5.48. The molecule has 3 heteroatoms. The van der Waals surface area contributed by atoms with Crippen LogP contribution in [0.3, 0.4) is 0 Å². The summed E-state index contributed by atoms with van der Waals surface area (Å²) in [5, 5.41) is 10.4. The van der Waals surface area contributed by atoms with Gasteiger partial charge in [-0.25, -0.2) is 4.39 Å². The van der Waals surface area contributed by atoms with Gasteiger partial charge in [-0.05, 0) is 48.8 Å². The lowest BCUT2D eigenvalue weighted by atomic mass is 9.73. The fourth-order valence-corrected chi connectivity index (χ4v) is 2.93. The molecule has 1 aliphatic carbocycles. The quantitative estimate of drug-likeness (QED) is 0.790. The Morgan fingerprint density at radius 3 is 2.67 bits per heavy atom. The van der Waals surface area contributed by atoms with Crippen LogP contribution in [0, 0.1) is 23.6 Å². The van der Waals surface area contributed by atoms with E-state index in [0.29, 0.717) is 23.1 Å². The van der Waals surface area contributed by atoms with E-state index >= 15 is 0 Å². The maximum atomic E-state index is 13.2. The molecule has 0 heterocycles. The molecule has 0 saturated heterocycles. The summed E-state index contributed by atoms with van der Waals surface area (Å²) in [7, 11) is 0. The Hall–Kier alpha value is -1.09. The van der Waals surface area contributed by atoms with E-state index in [9.17, 15) is 9.50 Å². The number of benzene rings is 1. The van der Waals surface area contributed by atoms with Gasteiger partial charge in [0.15, 0.2) is 0 Å². The van der Waals surface area contributed by atoms with Crippen molar-refractivity contribution in [3.8, 4) is 0 Å². The second-order valence-electron chi connectivity index (χ2n) is 5.75. The van der Waals surface area contributed by atoms with Gasteiger partial charge in [-0.15, -0.1) is 0 Å².